The lowest BCUT2D eigenvalue weighted by atomic mass is 10.0. The van der Waals surface area contributed by atoms with Gasteiger partial charge < -0.3 is 10.1 Å². The fourth-order valence-corrected chi connectivity index (χ4v) is 5.50. The van der Waals surface area contributed by atoms with Gasteiger partial charge in [0, 0.05) is 16.8 Å². The van der Waals surface area contributed by atoms with Crippen LogP contribution in [0.3, 0.4) is 0 Å². The maximum Gasteiger partial charge on any atom is 0.270 e. The highest BCUT2D eigenvalue weighted by molar-refractivity contribution is 8.27. The molecule has 5 rings (SSSR count). The number of carbonyl (C=O) groups is 2. The van der Waals surface area contributed by atoms with Crippen molar-refractivity contribution in [2.24, 2.45) is 0 Å². The number of carbonyl (C=O) groups excluding carboxylic acids is 2. The van der Waals surface area contributed by atoms with Crippen LogP contribution in [0.1, 0.15) is 35.7 Å². The molecule has 0 saturated carbocycles. The van der Waals surface area contributed by atoms with E-state index in [9.17, 15) is 14.0 Å². The van der Waals surface area contributed by atoms with Crippen LogP contribution in [0.5, 0.6) is 5.75 Å². The molecule has 0 aliphatic carbocycles. The van der Waals surface area contributed by atoms with Gasteiger partial charge in [-0.05, 0) is 71.8 Å². The number of thiocarbonyl (C=S) groups is 1. The van der Waals surface area contributed by atoms with Gasteiger partial charge in [-0.2, -0.15) is 0 Å². The molecule has 0 spiro atoms. The first-order valence-corrected chi connectivity index (χ1v) is 13.8. The van der Waals surface area contributed by atoms with Crippen LogP contribution in [0.4, 0.5) is 15.8 Å². The minimum absolute atomic E-state index is 0.270. The van der Waals surface area contributed by atoms with E-state index >= 15 is 0 Å². The molecule has 1 aliphatic heterocycles. The number of nitrogens with zero attached hydrogens (tertiary/aromatic N) is 1. The molecule has 4 aromatic rings. The van der Waals surface area contributed by atoms with Gasteiger partial charge in [-0.3, -0.25) is 14.5 Å². The van der Waals surface area contributed by atoms with E-state index in [0.29, 0.717) is 38.5 Å². The normalized spacial score (nSPS) is 14.3. The van der Waals surface area contributed by atoms with Crippen molar-refractivity contribution in [1.82, 2.24) is 0 Å². The summed E-state index contributed by atoms with van der Waals surface area (Å²) in [6, 6.07) is 24.1. The Kier molecular flexibility index (Phi) is 8.05. The number of nitrogens with one attached hydrogen (secondary N) is 1. The van der Waals surface area contributed by atoms with Crippen molar-refractivity contribution < 1.29 is 18.7 Å². The van der Waals surface area contributed by atoms with Gasteiger partial charge in [0.05, 0.1) is 17.2 Å². The van der Waals surface area contributed by atoms with E-state index in [1.165, 1.54) is 40.9 Å². The molecule has 0 unspecified atom stereocenters. The van der Waals surface area contributed by atoms with E-state index < -0.39 is 0 Å². The molecule has 0 bridgehead atoms. The van der Waals surface area contributed by atoms with Gasteiger partial charge in [0.25, 0.3) is 11.8 Å². The number of ether oxygens (including phenoxy) is 1. The maximum absolute atomic E-state index is 13.6. The minimum Gasteiger partial charge on any atom is -0.493 e. The van der Waals surface area contributed by atoms with Crippen molar-refractivity contribution in [1.29, 1.82) is 0 Å². The first kappa shape index (κ1) is 26.6. The molecule has 4 aromatic carbocycles. The number of unbranched alkanes of at least 4 members (excludes halogenated alkanes) is 1. The van der Waals surface area contributed by atoms with E-state index in [1.807, 2.05) is 42.5 Å². The topological polar surface area (TPSA) is 58.6 Å². The molecule has 196 valence electrons. The SMILES string of the molecule is CCCCOc1ccc2ccccc2c1/C=C1/SC(=S)N(c2cccc(C(=O)Nc3ccc(F)cc3)c2)C1=O. The fourth-order valence-electron chi connectivity index (χ4n) is 4.22. The first-order chi connectivity index (χ1) is 18.9. The summed E-state index contributed by atoms with van der Waals surface area (Å²) in [6.45, 7) is 2.70. The van der Waals surface area contributed by atoms with Gasteiger partial charge in [-0.25, -0.2) is 4.39 Å². The number of halogens is 1. The third kappa shape index (κ3) is 5.87. The van der Waals surface area contributed by atoms with Crippen LogP contribution < -0.4 is 15.0 Å². The van der Waals surface area contributed by atoms with E-state index in [1.54, 1.807) is 24.3 Å². The molecule has 1 aliphatic rings. The van der Waals surface area contributed by atoms with Crippen LogP contribution in [0.15, 0.2) is 89.8 Å². The average Bonchev–Trinajstić information content (AvgIpc) is 3.23. The van der Waals surface area contributed by atoms with Crippen LogP contribution in [0.25, 0.3) is 16.8 Å². The molecule has 1 saturated heterocycles. The van der Waals surface area contributed by atoms with Crippen molar-refractivity contribution in [2.75, 3.05) is 16.8 Å². The quantitative estimate of drug-likeness (QED) is 0.136. The predicted molar refractivity (Wildman–Crippen MR) is 161 cm³/mol. The molecule has 0 aromatic heterocycles. The van der Waals surface area contributed by atoms with Gasteiger partial charge >= 0.3 is 0 Å². The Morgan fingerprint density at radius 3 is 2.64 bits per heavy atom. The van der Waals surface area contributed by atoms with Crippen LogP contribution in [0, 0.1) is 5.82 Å². The third-order valence-electron chi connectivity index (χ3n) is 6.22. The Hall–Kier alpha value is -4.01. The Morgan fingerprint density at radius 2 is 1.85 bits per heavy atom. The molecule has 5 nitrogen and oxygen atoms in total. The predicted octanol–water partition coefficient (Wildman–Crippen LogP) is 7.82. The van der Waals surface area contributed by atoms with E-state index in [0.717, 1.165) is 29.2 Å². The van der Waals surface area contributed by atoms with Gasteiger partial charge in [0.15, 0.2) is 4.32 Å². The summed E-state index contributed by atoms with van der Waals surface area (Å²) >= 11 is 6.81. The van der Waals surface area contributed by atoms with Crippen molar-refractivity contribution >= 4 is 68.3 Å². The van der Waals surface area contributed by atoms with Gasteiger partial charge in [0.1, 0.15) is 11.6 Å². The number of hydrogen-bond acceptors (Lipinski definition) is 5. The Labute approximate surface area is 235 Å². The zero-order chi connectivity index (χ0) is 27.4. The second-order valence-electron chi connectivity index (χ2n) is 8.93. The molecule has 1 heterocycles. The lowest BCUT2D eigenvalue weighted by Crippen LogP contribution is -2.27. The van der Waals surface area contributed by atoms with Crippen LogP contribution in [-0.4, -0.2) is 22.7 Å². The number of anilines is 2. The van der Waals surface area contributed by atoms with E-state index in [4.69, 9.17) is 17.0 Å². The summed E-state index contributed by atoms with van der Waals surface area (Å²) in [7, 11) is 0. The summed E-state index contributed by atoms with van der Waals surface area (Å²) in [4.78, 5) is 28.3. The maximum atomic E-state index is 13.6. The van der Waals surface area contributed by atoms with Crippen molar-refractivity contribution in [3.63, 3.8) is 0 Å². The number of amides is 2. The van der Waals surface area contributed by atoms with E-state index in [2.05, 4.69) is 12.2 Å². The zero-order valence-corrected chi connectivity index (χ0v) is 22.8. The highest BCUT2D eigenvalue weighted by Crippen LogP contribution is 2.39. The molecule has 39 heavy (non-hydrogen) atoms. The molecule has 1 fully saturated rings. The van der Waals surface area contributed by atoms with Crippen LogP contribution in [-0.2, 0) is 4.79 Å². The summed E-state index contributed by atoms with van der Waals surface area (Å²) in [5.41, 5.74) is 2.13. The summed E-state index contributed by atoms with van der Waals surface area (Å²) in [6.07, 6.45) is 3.79. The minimum atomic E-state index is -0.388. The Morgan fingerprint density at radius 1 is 1.05 bits per heavy atom. The van der Waals surface area contributed by atoms with Gasteiger partial charge in [-0.15, -0.1) is 0 Å². The molecular weight excluding hydrogens is 531 g/mol. The largest absolute Gasteiger partial charge is 0.493 e. The molecular formula is C31H25FN2O3S2. The standard InChI is InChI=1S/C31H25FN2O3S2/c1-2-3-17-37-27-16-11-20-7-4-5-10-25(20)26(27)19-28-30(36)34(31(38)39-28)24-9-6-8-21(18-24)29(35)33-23-14-12-22(32)13-15-23/h4-16,18-19H,2-3,17H2,1H3,(H,33,35)/b28-19+. The number of fused-ring (bicyclic) bond motifs is 1. The molecule has 0 atom stereocenters. The molecule has 2 amide bonds. The lowest BCUT2D eigenvalue weighted by molar-refractivity contribution is -0.113. The highest BCUT2D eigenvalue weighted by Gasteiger charge is 2.34. The van der Waals surface area contributed by atoms with Crippen molar-refractivity contribution in [3.05, 3.63) is 107 Å². The van der Waals surface area contributed by atoms with Gasteiger partial charge in [-0.1, -0.05) is 73.7 Å². The zero-order valence-electron chi connectivity index (χ0n) is 21.1. The summed E-state index contributed by atoms with van der Waals surface area (Å²) < 4.78 is 19.7. The average molecular weight is 557 g/mol. The highest BCUT2D eigenvalue weighted by atomic mass is 32.2. The lowest BCUT2D eigenvalue weighted by Gasteiger charge is -2.16. The number of rotatable bonds is 8. The Bertz CT molecular complexity index is 1600. The molecule has 1 N–H and O–H groups in total. The second kappa shape index (κ2) is 11.8. The summed E-state index contributed by atoms with van der Waals surface area (Å²) in [5, 5.41) is 4.76. The first-order valence-electron chi connectivity index (χ1n) is 12.5. The summed E-state index contributed by atoms with van der Waals surface area (Å²) in [5.74, 6) is -0.324. The number of benzene rings is 4. The third-order valence-corrected chi connectivity index (χ3v) is 7.53. The van der Waals surface area contributed by atoms with Gasteiger partial charge in [0.2, 0.25) is 0 Å². The van der Waals surface area contributed by atoms with Crippen molar-refractivity contribution in [3.8, 4) is 5.75 Å². The van der Waals surface area contributed by atoms with Crippen LogP contribution >= 0.6 is 24.0 Å². The van der Waals surface area contributed by atoms with Crippen LogP contribution in [0.2, 0.25) is 0 Å². The van der Waals surface area contributed by atoms with E-state index in [-0.39, 0.29) is 17.6 Å². The molecule has 8 heteroatoms. The second-order valence-corrected chi connectivity index (χ2v) is 10.6. The Balaban J connectivity index is 1.44. The van der Waals surface area contributed by atoms with Crippen molar-refractivity contribution in [2.45, 2.75) is 19.8 Å². The fraction of sp³-hybridized carbons (Fsp3) is 0.129. The number of thioether (sulfide) groups is 1. The number of hydrogen-bond donors (Lipinski definition) is 1. The smallest absolute Gasteiger partial charge is 0.270 e. The molecule has 0 radical (unpaired) electrons. The monoisotopic (exact) mass is 556 g/mol.